The molecule has 90 valence electrons. The van der Waals surface area contributed by atoms with Gasteiger partial charge in [-0.1, -0.05) is 0 Å². The minimum absolute atomic E-state index is 0.250. The molecule has 1 unspecified atom stereocenters. The fourth-order valence-electron chi connectivity index (χ4n) is 1.80. The third-order valence-corrected chi connectivity index (χ3v) is 4.00. The normalized spacial score (nSPS) is 17.6. The number of alkyl halides is 1. The molecule has 1 saturated carbocycles. The van der Waals surface area contributed by atoms with Gasteiger partial charge in [-0.05, 0) is 38.5 Å². The monoisotopic (exact) mass is 259 g/mol. The topological polar surface area (TPSA) is 22.1 Å². The summed E-state index contributed by atoms with van der Waals surface area (Å²) in [4.78, 5) is 4.66. The molecule has 0 aromatic carbocycles. The molecule has 1 aliphatic rings. The van der Waals surface area contributed by atoms with Crippen LogP contribution in [0.1, 0.15) is 43.0 Å². The molecule has 1 atom stereocenters. The van der Waals surface area contributed by atoms with Crippen LogP contribution < -0.4 is 0 Å². The van der Waals surface area contributed by atoms with E-state index in [0.717, 1.165) is 24.5 Å². The average molecular weight is 260 g/mol. The number of hydrogen-bond donors (Lipinski definition) is 0. The zero-order valence-corrected chi connectivity index (χ0v) is 11.2. The first-order chi connectivity index (χ1) is 7.85. The first-order valence-electron chi connectivity index (χ1n) is 5.97. The summed E-state index contributed by atoms with van der Waals surface area (Å²) in [6, 6.07) is 0. The molecule has 0 saturated heterocycles. The summed E-state index contributed by atoms with van der Waals surface area (Å²) in [7, 11) is 0. The Morgan fingerprint density at radius 3 is 3.06 bits per heavy atom. The van der Waals surface area contributed by atoms with Gasteiger partial charge >= 0.3 is 0 Å². The van der Waals surface area contributed by atoms with Crippen molar-refractivity contribution in [3.63, 3.8) is 0 Å². The Kier molecular flexibility index (Phi) is 4.62. The molecule has 0 bridgehead atoms. The standard InChI is InChI=1S/C12H18ClNOS/c1-2-15-11(9-5-6-9)12-14-10(8-16-12)4-3-7-13/h8-9,11H,2-7H2,1H3. The van der Waals surface area contributed by atoms with E-state index in [0.29, 0.717) is 11.8 Å². The van der Waals surface area contributed by atoms with E-state index in [4.69, 9.17) is 16.3 Å². The molecule has 2 rings (SSSR count). The minimum Gasteiger partial charge on any atom is -0.371 e. The van der Waals surface area contributed by atoms with E-state index in [-0.39, 0.29) is 6.10 Å². The van der Waals surface area contributed by atoms with Gasteiger partial charge in [0.25, 0.3) is 0 Å². The van der Waals surface area contributed by atoms with Gasteiger partial charge in [-0.25, -0.2) is 4.98 Å². The lowest BCUT2D eigenvalue weighted by Crippen LogP contribution is -2.06. The second kappa shape index (κ2) is 5.99. The van der Waals surface area contributed by atoms with Crippen LogP contribution in [0.4, 0.5) is 0 Å². The van der Waals surface area contributed by atoms with Crippen LogP contribution in [0, 0.1) is 5.92 Å². The molecular formula is C12H18ClNOS. The Morgan fingerprint density at radius 1 is 1.62 bits per heavy atom. The maximum absolute atomic E-state index is 5.79. The Hall–Kier alpha value is -0.120. The number of aryl methyl sites for hydroxylation is 1. The number of nitrogens with zero attached hydrogens (tertiary/aromatic N) is 1. The number of hydrogen-bond acceptors (Lipinski definition) is 3. The SMILES string of the molecule is CCOC(c1nc(CCCCl)cs1)C1CC1. The Balaban J connectivity index is 1.97. The van der Waals surface area contributed by atoms with Crippen LogP contribution >= 0.6 is 22.9 Å². The second-order valence-electron chi connectivity index (χ2n) is 4.18. The van der Waals surface area contributed by atoms with Gasteiger partial charge in [0.2, 0.25) is 0 Å². The molecule has 4 heteroatoms. The molecule has 0 N–H and O–H groups in total. The van der Waals surface area contributed by atoms with Gasteiger partial charge in [-0.2, -0.15) is 0 Å². The van der Waals surface area contributed by atoms with Crippen LogP contribution in [0.3, 0.4) is 0 Å². The van der Waals surface area contributed by atoms with Gasteiger partial charge in [0.15, 0.2) is 0 Å². The second-order valence-corrected chi connectivity index (χ2v) is 5.45. The maximum atomic E-state index is 5.79. The van der Waals surface area contributed by atoms with Crippen molar-refractivity contribution in [2.45, 2.75) is 38.7 Å². The summed E-state index contributed by atoms with van der Waals surface area (Å²) >= 11 is 7.42. The number of halogens is 1. The average Bonchev–Trinajstić information content (AvgIpc) is 3.02. The van der Waals surface area contributed by atoms with E-state index in [1.807, 2.05) is 0 Å². The molecule has 1 fully saturated rings. The lowest BCUT2D eigenvalue weighted by atomic mass is 10.2. The zero-order chi connectivity index (χ0) is 11.4. The van der Waals surface area contributed by atoms with Crippen LogP contribution in [0.25, 0.3) is 0 Å². The lowest BCUT2D eigenvalue weighted by Gasteiger charge is -2.12. The molecule has 1 aromatic rings. The summed E-state index contributed by atoms with van der Waals surface area (Å²) in [5.41, 5.74) is 1.17. The zero-order valence-electron chi connectivity index (χ0n) is 9.62. The van der Waals surface area contributed by atoms with E-state index in [1.54, 1.807) is 11.3 Å². The van der Waals surface area contributed by atoms with Crippen molar-refractivity contribution in [2.75, 3.05) is 12.5 Å². The summed E-state index contributed by atoms with van der Waals surface area (Å²) in [5.74, 6) is 1.43. The Bertz CT molecular complexity index is 325. The van der Waals surface area contributed by atoms with Crippen LogP contribution in [-0.2, 0) is 11.2 Å². The highest BCUT2D eigenvalue weighted by atomic mass is 35.5. The van der Waals surface area contributed by atoms with Gasteiger partial charge in [0.1, 0.15) is 11.1 Å². The largest absolute Gasteiger partial charge is 0.371 e. The van der Waals surface area contributed by atoms with Crippen molar-refractivity contribution in [1.29, 1.82) is 0 Å². The van der Waals surface area contributed by atoms with E-state index in [2.05, 4.69) is 17.3 Å². The number of ether oxygens (including phenoxy) is 1. The third kappa shape index (κ3) is 3.19. The summed E-state index contributed by atoms with van der Waals surface area (Å²) in [5, 5.41) is 3.31. The summed E-state index contributed by atoms with van der Waals surface area (Å²) in [6.45, 7) is 2.83. The molecular weight excluding hydrogens is 242 g/mol. The molecule has 0 radical (unpaired) electrons. The Morgan fingerprint density at radius 2 is 2.44 bits per heavy atom. The van der Waals surface area contributed by atoms with E-state index in [1.165, 1.54) is 18.5 Å². The maximum Gasteiger partial charge on any atom is 0.122 e. The quantitative estimate of drug-likeness (QED) is 0.695. The van der Waals surface area contributed by atoms with Crippen molar-refractivity contribution >= 4 is 22.9 Å². The van der Waals surface area contributed by atoms with Crippen molar-refractivity contribution in [3.05, 3.63) is 16.1 Å². The van der Waals surface area contributed by atoms with Crippen molar-refractivity contribution in [2.24, 2.45) is 5.92 Å². The van der Waals surface area contributed by atoms with Gasteiger partial charge in [-0.3, -0.25) is 0 Å². The first kappa shape index (κ1) is 12.3. The predicted molar refractivity (Wildman–Crippen MR) is 68.2 cm³/mol. The predicted octanol–water partition coefficient (Wildman–Crippen LogP) is 3.80. The summed E-state index contributed by atoms with van der Waals surface area (Å²) in [6.07, 6.45) is 4.83. The van der Waals surface area contributed by atoms with E-state index < -0.39 is 0 Å². The van der Waals surface area contributed by atoms with Gasteiger partial charge in [-0.15, -0.1) is 22.9 Å². The molecule has 2 nitrogen and oxygen atoms in total. The van der Waals surface area contributed by atoms with Crippen LogP contribution in [-0.4, -0.2) is 17.5 Å². The molecule has 0 spiro atoms. The van der Waals surface area contributed by atoms with E-state index in [9.17, 15) is 0 Å². The molecule has 1 aliphatic carbocycles. The van der Waals surface area contributed by atoms with Gasteiger partial charge in [0, 0.05) is 17.9 Å². The smallest absolute Gasteiger partial charge is 0.122 e. The molecule has 0 amide bonds. The highest BCUT2D eigenvalue weighted by molar-refractivity contribution is 7.09. The molecule has 0 aliphatic heterocycles. The number of thiazole rings is 1. The lowest BCUT2D eigenvalue weighted by molar-refractivity contribution is 0.0461. The van der Waals surface area contributed by atoms with Crippen LogP contribution in [0.5, 0.6) is 0 Å². The molecule has 1 aromatic heterocycles. The van der Waals surface area contributed by atoms with Gasteiger partial charge in [0.05, 0.1) is 5.69 Å². The first-order valence-corrected chi connectivity index (χ1v) is 7.38. The van der Waals surface area contributed by atoms with Crippen LogP contribution in [0.2, 0.25) is 0 Å². The highest BCUT2D eigenvalue weighted by Crippen LogP contribution is 2.44. The van der Waals surface area contributed by atoms with Gasteiger partial charge < -0.3 is 4.74 Å². The van der Waals surface area contributed by atoms with Crippen molar-refractivity contribution in [3.8, 4) is 0 Å². The fraction of sp³-hybridized carbons (Fsp3) is 0.750. The number of rotatable bonds is 7. The third-order valence-electron chi connectivity index (χ3n) is 2.78. The van der Waals surface area contributed by atoms with Crippen molar-refractivity contribution in [1.82, 2.24) is 4.98 Å². The molecule has 1 heterocycles. The highest BCUT2D eigenvalue weighted by Gasteiger charge is 2.34. The minimum atomic E-state index is 0.250. The fourth-order valence-corrected chi connectivity index (χ4v) is 2.93. The van der Waals surface area contributed by atoms with E-state index >= 15 is 0 Å². The van der Waals surface area contributed by atoms with Crippen molar-refractivity contribution < 1.29 is 4.74 Å². The Labute approximate surface area is 106 Å². The summed E-state index contributed by atoms with van der Waals surface area (Å²) < 4.78 is 5.79. The van der Waals surface area contributed by atoms with Crippen LogP contribution in [0.15, 0.2) is 5.38 Å². The number of aromatic nitrogens is 1. The molecule has 16 heavy (non-hydrogen) atoms.